The van der Waals surface area contributed by atoms with E-state index in [1.807, 2.05) is 6.07 Å². The van der Waals surface area contributed by atoms with Crippen LogP contribution in [0.1, 0.15) is 15.9 Å². The molecule has 0 radical (unpaired) electrons. The van der Waals surface area contributed by atoms with Crippen molar-refractivity contribution in [3.63, 3.8) is 0 Å². The second-order valence-corrected chi connectivity index (χ2v) is 6.20. The number of amides is 1. The van der Waals surface area contributed by atoms with Crippen molar-refractivity contribution in [2.75, 3.05) is 18.6 Å². The predicted octanol–water partition coefficient (Wildman–Crippen LogP) is 3.66. The molecule has 2 aromatic carbocycles. The number of ether oxygens (including phenoxy) is 1. The quantitative estimate of drug-likeness (QED) is 0.704. The summed E-state index contributed by atoms with van der Waals surface area (Å²) in [6.07, 6.45) is 0.641. The first-order valence-electron chi connectivity index (χ1n) is 7.79. The molecule has 0 atom stereocenters. The van der Waals surface area contributed by atoms with Crippen LogP contribution in [0.3, 0.4) is 0 Å². The highest BCUT2D eigenvalue weighted by Crippen LogP contribution is 2.30. The predicted molar refractivity (Wildman–Crippen MR) is 95.9 cm³/mol. The molecule has 1 aliphatic rings. The lowest BCUT2D eigenvalue weighted by Gasteiger charge is -2.27. The molecule has 0 N–H and O–H groups in total. The Morgan fingerprint density at radius 1 is 1.16 bits per heavy atom. The molecule has 0 saturated carbocycles. The van der Waals surface area contributed by atoms with E-state index >= 15 is 0 Å². The van der Waals surface area contributed by atoms with Gasteiger partial charge in [-0.3, -0.25) is 14.5 Å². The average Bonchev–Trinajstić information content (AvgIpc) is 2.62. The van der Waals surface area contributed by atoms with E-state index in [0.717, 1.165) is 5.56 Å². The van der Waals surface area contributed by atoms with Gasteiger partial charge in [-0.05, 0) is 42.3 Å². The van der Waals surface area contributed by atoms with Gasteiger partial charge >= 0.3 is 0 Å². The van der Waals surface area contributed by atoms with E-state index in [1.165, 1.54) is 11.0 Å². The van der Waals surface area contributed by atoms with Gasteiger partial charge in [0.1, 0.15) is 5.75 Å². The van der Waals surface area contributed by atoms with Crippen molar-refractivity contribution in [2.45, 2.75) is 6.42 Å². The third-order valence-electron chi connectivity index (χ3n) is 4.35. The Bertz CT molecular complexity index is 1060. The maximum absolute atomic E-state index is 12.8. The van der Waals surface area contributed by atoms with Crippen molar-refractivity contribution in [1.82, 2.24) is 0 Å². The van der Waals surface area contributed by atoms with E-state index in [9.17, 15) is 9.59 Å². The lowest BCUT2D eigenvalue weighted by atomic mass is 9.98. The van der Waals surface area contributed by atoms with Crippen molar-refractivity contribution < 1.29 is 13.9 Å². The summed E-state index contributed by atoms with van der Waals surface area (Å²) < 4.78 is 11.0. The minimum atomic E-state index is -0.230. The van der Waals surface area contributed by atoms with Crippen LogP contribution in [0.4, 0.5) is 5.88 Å². The van der Waals surface area contributed by atoms with E-state index in [1.54, 1.807) is 37.4 Å². The van der Waals surface area contributed by atoms with Gasteiger partial charge in [0.25, 0.3) is 5.91 Å². The summed E-state index contributed by atoms with van der Waals surface area (Å²) in [5.74, 6) is 0.708. The summed E-state index contributed by atoms with van der Waals surface area (Å²) in [7, 11) is 1.59. The fourth-order valence-corrected chi connectivity index (χ4v) is 3.28. The largest absolute Gasteiger partial charge is 0.497 e. The highest BCUT2D eigenvalue weighted by atomic mass is 35.5. The molecule has 5 nitrogen and oxygen atoms in total. The zero-order valence-corrected chi connectivity index (χ0v) is 14.2. The maximum Gasteiger partial charge on any atom is 0.260 e. The van der Waals surface area contributed by atoms with Crippen LogP contribution < -0.4 is 15.1 Å². The molecule has 0 unspecified atom stereocenters. The molecule has 4 rings (SSSR count). The minimum Gasteiger partial charge on any atom is -0.497 e. The number of carbonyl (C=O) groups excluding carboxylic acids is 1. The van der Waals surface area contributed by atoms with Crippen LogP contribution in [0, 0.1) is 0 Å². The molecule has 0 spiro atoms. The van der Waals surface area contributed by atoms with Crippen molar-refractivity contribution in [1.29, 1.82) is 0 Å². The topological polar surface area (TPSA) is 59.8 Å². The van der Waals surface area contributed by atoms with Crippen LogP contribution >= 0.6 is 11.6 Å². The van der Waals surface area contributed by atoms with Crippen molar-refractivity contribution in [2.24, 2.45) is 0 Å². The molecule has 3 aromatic rings. The molecule has 1 aliphatic heterocycles. The number of nitrogens with zero attached hydrogens (tertiary/aromatic N) is 1. The monoisotopic (exact) mass is 355 g/mol. The minimum absolute atomic E-state index is 0.206. The number of fused-ring (bicyclic) bond motifs is 2. The Balaban J connectivity index is 1.80. The Morgan fingerprint density at radius 2 is 2.00 bits per heavy atom. The van der Waals surface area contributed by atoms with Gasteiger partial charge in [-0.15, -0.1) is 0 Å². The third-order valence-corrected chi connectivity index (χ3v) is 4.65. The molecule has 6 heteroatoms. The molecule has 2 heterocycles. The van der Waals surface area contributed by atoms with Gasteiger partial charge < -0.3 is 9.15 Å². The number of hydrogen-bond donors (Lipinski definition) is 0. The Kier molecular flexibility index (Phi) is 3.73. The number of para-hydroxylation sites is 1. The van der Waals surface area contributed by atoms with Gasteiger partial charge in [-0.2, -0.15) is 0 Å². The molecular weight excluding hydrogens is 342 g/mol. The zero-order chi connectivity index (χ0) is 17.6. The molecule has 126 valence electrons. The summed E-state index contributed by atoms with van der Waals surface area (Å²) in [5.41, 5.74) is 1.56. The molecule has 0 aliphatic carbocycles. The van der Waals surface area contributed by atoms with Crippen LogP contribution in [0.25, 0.3) is 11.0 Å². The molecule has 0 bridgehead atoms. The van der Waals surface area contributed by atoms with Crippen molar-refractivity contribution in [3.8, 4) is 5.75 Å². The Labute approximate surface area is 148 Å². The highest BCUT2D eigenvalue weighted by molar-refractivity contribution is 6.34. The van der Waals surface area contributed by atoms with Gasteiger partial charge in [0, 0.05) is 18.2 Å². The third kappa shape index (κ3) is 2.57. The average molecular weight is 356 g/mol. The number of carbonyl (C=O) groups is 1. The fourth-order valence-electron chi connectivity index (χ4n) is 3.07. The summed E-state index contributed by atoms with van der Waals surface area (Å²) in [4.78, 5) is 26.7. The van der Waals surface area contributed by atoms with E-state index in [-0.39, 0.29) is 17.2 Å². The van der Waals surface area contributed by atoms with Crippen LogP contribution in [0.5, 0.6) is 5.75 Å². The summed E-state index contributed by atoms with van der Waals surface area (Å²) in [6.45, 7) is 0.415. The number of methoxy groups -OCH3 is 1. The molecule has 1 amide bonds. The van der Waals surface area contributed by atoms with E-state index < -0.39 is 0 Å². The summed E-state index contributed by atoms with van der Waals surface area (Å²) in [6, 6.07) is 11.7. The lowest BCUT2D eigenvalue weighted by molar-refractivity contribution is 0.0976. The first-order chi connectivity index (χ1) is 12.1. The van der Waals surface area contributed by atoms with Gasteiger partial charge in [-0.1, -0.05) is 17.7 Å². The Morgan fingerprint density at radius 3 is 2.80 bits per heavy atom. The van der Waals surface area contributed by atoms with Gasteiger partial charge in [0.05, 0.1) is 17.5 Å². The maximum atomic E-state index is 12.8. The van der Waals surface area contributed by atoms with Gasteiger partial charge in [0.2, 0.25) is 5.88 Å². The number of benzene rings is 2. The SMILES string of the molecule is COc1ccc2c(c1)CCN(c1cc(=O)c3cccc(Cl)c3o1)C2=O. The fraction of sp³-hybridized carbons (Fsp3) is 0.158. The number of rotatable bonds is 2. The molecule has 25 heavy (non-hydrogen) atoms. The molecule has 0 fully saturated rings. The normalized spacial score (nSPS) is 13.8. The number of hydrogen-bond acceptors (Lipinski definition) is 4. The van der Waals surface area contributed by atoms with Crippen LogP contribution in [-0.4, -0.2) is 19.6 Å². The molecule has 0 saturated heterocycles. The second-order valence-electron chi connectivity index (χ2n) is 5.80. The molecular formula is C19H14ClNO4. The summed E-state index contributed by atoms with van der Waals surface area (Å²) >= 11 is 6.14. The highest BCUT2D eigenvalue weighted by Gasteiger charge is 2.28. The number of halogens is 1. The van der Waals surface area contributed by atoms with Crippen molar-refractivity contribution >= 4 is 34.4 Å². The summed E-state index contributed by atoms with van der Waals surface area (Å²) in [5, 5.41) is 0.733. The van der Waals surface area contributed by atoms with Crippen LogP contribution in [-0.2, 0) is 6.42 Å². The standard InChI is InChI=1S/C19H14ClNO4/c1-24-12-5-6-13-11(9-12)7-8-21(19(13)23)17-10-16(22)14-3-2-4-15(20)18(14)25-17/h2-6,9-10H,7-8H2,1H3. The van der Waals surface area contributed by atoms with Crippen LogP contribution in [0.15, 0.2) is 51.7 Å². The van der Waals surface area contributed by atoms with Crippen molar-refractivity contribution in [3.05, 3.63) is 68.8 Å². The van der Waals surface area contributed by atoms with E-state index in [4.69, 9.17) is 20.8 Å². The van der Waals surface area contributed by atoms with Crippen LogP contribution in [0.2, 0.25) is 5.02 Å². The first kappa shape index (κ1) is 15.7. The number of anilines is 1. The van der Waals surface area contributed by atoms with E-state index in [0.29, 0.717) is 40.3 Å². The lowest BCUT2D eigenvalue weighted by Crippen LogP contribution is -2.38. The smallest absolute Gasteiger partial charge is 0.260 e. The van der Waals surface area contributed by atoms with Gasteiger partial charge in [-0.25, -0.2) is 0 Å². The zero-order valence-electron chi connectivity index (χ0n) is 13.4. The molecule has 1 aromatic heterocycles. The second kappa shape index (κ2) is 5.93. The van der Waals surface area contributed by atoms with Gasteiger partial charge in [0.15, 0.2) is 11.0 Å². The van der Waals surface area contributed by atoms with E-state index in [2.05, 4.69) is 0 Å². The first-order valence-corrected chi connectivity index (χ1v) is 8.17. The Hall–Kier alpha value is -2.79.